The Hall–Kier alpha value is -0.820. The smallest absolute Gasteiger partial charge is 0.00187 e. The predicted octanol–water partition coefficient (Wildman–Crippen LogP) is 4.19. The maximum absolute atomic E-state index is 2.40. The molecule has 0 fully saturated rings. The summed E-state index contributed by atoms with van der Waals surface area (Å²) in [6.07, 6.45) is 14.5. The van der Waals surface area contributed by atoms with Crippen molar-refractivity contribution >= 4 is 0 Å². The van der Waals surface area contributed by atoms with Crippen molar-refractivity contribution in [2.24, 2.45) is 0 Å². The highest BCUT2D eigenvalue weighted by molar-refractivity contribution is 5.26. The third kappa shape index (κ3) is 7.47. The fraction of sp³-hybridized carbons (Fsp3) is 0.600. The van der Waals surface area contributed by atoms with Crippen LogP contribution in [-0.4, -0.2) is 25.0 Å². The van der Waals surface area contributed by atoms with E-state index in [0.29, 0.717) is 0 Å². The van der Waals surface area contributed by atoms with Crippen molar-refractivity contribution in [3.05, 3.63) is 36.0 Å². The maximum atomic E-state index is 2.40. The van der Waals surface area contributed by atoms with Crippen molar-refractivity contribution in [3.63, 3.8) is 0 Å². The minimum atomic E-state index is 1.08. The number of hydrogen-bond acceptors (Lipinski definition) is 1. The highest BCUT2D eigenvalue weighted by Gasteiger charge is 1.98. The number of hydrogen-bond donors (Lipinski definition) is 0. The second-order valence-electron chi connectivity index (χ2n) is 3.86. The lowest BCUT2D eigenvalue weighted by Gasteiger charge is -2.15. The zero-order valence-corrected chi connectivity index (χ0v) is 11.4. The van der Waals surface area contributed by atoms with Crippen molar-refractivity contribution < 1.29 is 0 Å². The van der Waals surface area contributed by atoms with E-state index in [1.165, 1.54) is 31.5 Å². The fourth-order valence-electron chi connectivity index (χ4n) is 1.62. The van der Waals surface area contributed by atoms with E-state index in [0.717, 1.165) is 6.42 Å². The quantitative estimate of drug-likeness (QED) is 0.673. The summed E-state index contributed by atoms with van der Waals surface area (Å²) in [6.45, 7) is 8.60. The van der Waals surface area contributed by atoms with Crippen molar-refractivity contribution in [2.45, 2.75) is 40.0 Å². The monoisotopic (exact) mass is 221 g/mol. The highest BCUT2D eigenvalue weighted by Crippen LogP contribution is 2.09. The molecule has 0 radical (unpaired) electrons. The predicted molar refractivity (Wildman–Crippen MR) is 74.7 cm³/mol. The zero-order valence-electron chi connectivity index (χ0n) is 11.4. The minimum absolute atomic E-state index is 1.08. The average Bonchev–Trinajstić information content (AvgIpc) is 2.58. The molecule has 0 amide bonds. The SMILES string of the molecule is CC.CCCN(C)CCC1=CCC=CC=C1. The Kier molecular flexibility index (Phi) is 10.1. The summed E-state index contributed by atoms with van der Waals surface area (Å²) in [5.74, 6) is 0. The molecule has 0 N–H and O–H groups in total. The molecule has 0 bridgehead atoms. The van der Waals surface area contributed by atoms with Crippen LogP contribution in [0.2, 0.25) is 0 Å². The molecule has 0 aromatic carbocycles. The van der Waals surface area contributed by atoms with Crippen LogP contribution in [0.15, 0.2) is 36.0 Å². The van der Waals surface area contributed by atoms with Crippen LogP contribution in [0, 0.1) is 0 Å². The molecule has 0 aromatic rings. The van der Waals surface area contributed by atoms with Crippen LogP contribution in [0.4, 0.5) is 0 Å². The maximum Gasteiger partial charge on any atom is 0.00187 e. The Morgan fingerprint density at radius 2 is 1.94 bits per heavy atom. The van der Waals surface area contributed by atoms with Gasteiger partial charge in [-0.05, 0) is 32.9 Å². The molecule has 1 heteroatoms. The molecule has 16 heavy (non-hydrogen) atoms. The Morgan fingerprint density at radius 3 is 2.62 bits per heavy atom. The second kappa shape index (κ2) is 10.7. The summed E-state index contributed by atoms with van der Waals surface area (Å²) in [6, 6.07) is 0. The molecule has 0 aromatic heterocycles. The first kappa shape index (κ1) is 15.2. The summed E-state index contributed by atoms with van der Waals surface area (Å²) in [5.41, 5.74) is 1.47. The van der Waals surface area contributed by atoms with Gasteiger partial charge in [-0.15, -0.1) is 0 Å². The molecule has 1 aliphatic rings. The molecule has 0 saturated heterocycles. The third-order valence-electron chi connectivity index (χ3n) is 2.46. The van der Waals surface area contributed by atoms with Crippen LogP contribution in [0.5, 0.6) is 0 Å². The van der Waals surface area contributed by atoms with Gasteiger partial charge in [-0.3, -0.25) is 0 Å². The molecule has 1 nitrogen and oxygen atoms in total. The molecule has 1 rings (SSSR count). The Morgan fingerprint density at radius 1 is 1.19 bits per heavy atom. The largest absolute Gasteiger partial charge is 0.306 e. The number of nitrogens with zero attached hydrogens (tertiary/aromatic N) is 1. The van der Waals surface area contributed by atoms with Gasteiger partial charge in [-0.25, -0.2) is 0 Å². The van der Waals surface area contributed by atoms with E-state index in [1.807, 2.05) is 13.8 Å². The van der Waals surface area contributed by atoms with E-state index >= 15 is 0 Å². The van der Waals surface area contributed by atoms with E-state index in [2.05, 4.69) is 49.3 Å². The lowest BCUT2D eigenvalue weighted by Crippen LogP contribution is -2.20. The molecule has 92 valence electrons. The van der Waals surface area contributed by atoms with Crippen LogP contribution in [0.25, 0.3) is 0 Å². The normalized spacial score (nSPS) is 14.2. The van der Waals surface area contributed by atoms with Gasteiger partial charge < -0.3 is 4.90 Å². The van der Waals surface area contributed by atoms with Gasteiger partial charge in [-0.1, -0.05) is 56.7 Å². The van der Waals surface area contributed by atoms with Gasteiger partial charge >= 0.3 is 0 Å². The van der Waals surface area contributed by atoms with Crippen molar-refractivity contribution in [3.8, 4) is 0 Å². The Balaban J connectivity index is 0.00000106. The molecule has 1 aliphatic carbocycles. The molecule has 0 aliphatic heterocycles. The summed E-state index contributed by atoms with van der Waals surface area (Å²) < 4.78 is 0. The first-order valence-electron chi connectivity index (χ1n) is 6.53. The van der Waals surface area contributed by atoms with E-state index in [9.17, 15) is 0 Å². The van der Waals surface area contributed by atoms with Gasteiger partial charge in [0.05, 0.1) is 0 Å². The third-order valence-corrected chi connectivity index (χ3v) is 2.46. The van der Waals surface area contributed by atoms with Gasteiger partial charge in [0, 0.05) is 6.54 Å². The average molecular weight is 221 g/mol. The van der Waals surface area contributed by atoms with Crippen LogP contribution in [-0.2, 0) is 0 Å². The second-order valence-corrected chi connectivity index (χ2v) is 3.86. The molecule has 0 heterocycles. The molecule has 0 atom stereocenters. The molecular weight excluding hydrogens is 194 g/mol. The van der Waals surface area contributed by atoms with Crippen molar-refractivity contribution in [1.29, 1.82) is 0 Å². The molecule has 0 spiro atoms. The van der Waals surface area contributed by atoms with E-state index < -0.39 is 0 Å². The van der Waals surface area contributed by atoms with Gasteiger partial charge in [0.2, 0.25) is 0 Å². The van der Waals surface area contributed by atoms with Gasteiger partial charge in [0.25, 0.3) is 0 Å². The molecule has 0 saturated carbocycles. The van der Waals surface area contributed by atoms with Gasteiger partial charge in [0.1, 0.15) is 0 Å². The standard InChI is InChI=1S/C13H21N.C2H6/c1-3-11-14(2)12-10-13-8-6-4-5-7-9-13;1-2/h4-6,8-9H,3,7,10-12H2,1-2H3;1-2H3. The zero-order chi connectivity index (χ0) is 12.2. The van der Waals surface area contributed by atoms with Crippen LogP contribution >= 0.6 is 0 Å². The Bertz CT molecular complexity index is 236. The summed E-state index contributed by atoms with van der Waals surface area (Å²) in [5, 5.41) is 0. The summed E-state index contributed by atoms with van der Waals surface area (Å²) in [4.78, 5) is 2.40. The lowest BCUT2D eigenvalue weighted by molar-refractivity contribution is 0.339. The minimum Gasteiger partial charge on any atom is -0.306 e. The number of rotatable bonds is 5. The topological polar surface area (TPSA) is 3.24 Å². The lowest BCUT2D eigenvalue weighted by atomic mass is 10.1. The van der Waals surface area contributed by atoms with Crippen LogP contribution in [0.1, 0.15) is 40.0 Å². The molecule has 0 unspecified atom stereocenters. The first-order chi connectivity index (χ1) is 7.83. The summed E-state index contributed by atoms with van der Waals surface area (Å²) in [7, 11) is 2.20. The molecular formula is C15H27N. The van der Waals surface area contributed by atoms with Gasteiger partial charge in [0.15, 0.2) is 0 Å². The fourth-order valence-corrected chi connectivity index (χ4v) is 1.62. The van der Waals surface area contributed by atoms with E-state index in [1.54, 1.807) is 0 Å². The van der Waals surface area contributed by atoms with Crippen LogP contribution in [0.3, 0.4) is 0 Å². The van der Waals surface area contributed by atoms with Crippen molar-refractivity contribution in [1.82, 2.24) is 4.90 Å². The summed E-state index contributed by atoms with van der Waals surface area (Å²) >= 11 is 0. The first-order valence-corrected chi connectivity index (χ1v) is 6.53. The highest BCUT2D eigenvalue weighted by atomic mass is 15.1. The Labute approximate surface area is 102 Å². The van der Waals surface area contributed by atoms with Crippen LogP contribution < -0.4 is 0 Å². The van der Waals surface area contributed by atoms with Crippen molar-refractivity contribution in [2.75, 3.05) is 20.1 Å². The van der Waals surface area contributed by atoms with E-state index in [4.69, 9.17) is 0 Å². The number of allylic oxidation sites excluding steroid dienone is 5. The van der Waals surface area contributed by atoms with E-state index in [-0.39, 0.29) is 0 Å². The van der Waals surface area contributed by atoms with Gasteiger partial charge in [-0.2, -0.15) is 0 Å².